The molecule has 138 valence electrons. The molecule has 1 unspecified atom stereocenters. The summed E-state index contributed by atoms with van der Waals surface area (Å²) in [6, 6.07) is 9.51. The van der Waals surface area contributed by atoms with Gasteiger partial charge in [-0.1, -0.05) is 32.0 Å². The van der Waals surface area contributed by atoms with Crippen molar-refractivity contribution in [3.8, 4) is 0 Å². The smallest absolute Gasteiger partial charge is 0.191 e. The van der Waals surface area contributed by atoms with E-state index in [0.717, 1.165) is 15.6 Å². The van der Waals surface area contributed by atoms with E-state index in [1.165, 1.54) is 0 Å². The van der Waals surface area contributed by atoms with Gasteiger partial charge in [-0.3, -0.25) is 9.20 Å². The Bertz CT molecular complexity index is 689. The standard InChI is InChI=1S/C17H24N4OS2.HI/c1-13(2)15-12-23-16(21-15)11-20-17(18-3)19-9-10-24(22)14-7-5-4-6-8-14;/h4-8,12-13H,9-11H2,1-3H3,(H2,18,19,20);1H. The first-order valence-electron chi connectivity index (χ1n) is 7.92. The summed E-state index contributed by atoms with van der Waals surface area (Å²) >= 11 is 1.65. The Morgan fingerprint density at radius 2 is 2.00 bits per heavy atom. The Kier molecular flexibility index (Phi) is 10.2. The molecule has 1 atom stereocenters. The van der Waals surface area contributed by atoms with Gasteiger partial charge < -0.3 is 10.6 Å². The zero-order valence-corrected chi connectivity index (χ0v) is 18.7. The van der Waals surface area contributed by atoms with Crippen molar-refractivity contribution < 1.29 is 4.21 Å². The molecule has 1 heterocycles. The number of rotatable bonds is 7. The van der Waals surface area contributed by atoms with E-state index in [1.54, 1.807) is 18.4 Å². The number of hydrogen-bond acceptors (Lipinski definition) is 4. The van der Waals surface area contributed by atoms with Crippen molar-refractivity contribution >= 4 is 52.1 Å². The van der Waals surface area contributed by atoms with Crippen molar-refractivity contribution in [2.24, 2.45) is 4.99 Å². The predicted octanol–water partition coefficient (Wildman–Crippen LogP) is 3.36. The highest BCUT2D eigenvalue weighted by molar-refractivity contribution is 14.0. The van der Waals surface area contributed by atoms with E-state index in [-0.39, 0.29) is 24.0 Å². The summed E-state index contributed by atoms with van der Waals surface area (Å²) in [7, 11) is 0.728. The molecule has 0 fully saturated rings. The second-order valence-electron chi connectivity index (χ2n) is 5.54. The van der Waals surface area contributed by atoms with Gasteiger partial charge in [-0.2, -0.15) is 0 Å². The minimum Gasteiger partial charge on any atom is -0.355 e. The molecule has 2 aromatic rings. The molecule has 0 bridgehead atoms. The van der Waals surface area contributed by atoms with Crippen LogP contribution in [0.25, 0.3) is 0 Å². The van der Waals surface area contributed by atoms with E-state index in [1.807, 2.05) is 30.3 Å². The summed E-state index contributed by atoms with van der Waals surface area (Å²) in [5.41, 5.74) is 1.12. The molecule has 2 N–H and O–H groups in total. The molecule has 1 aromatic carbocycles. The van der Waals surface area contributed by atoms with Crippen LogP contribution < -0.4 is 10.6 Å². The maximum Gasteiger partial charge on any atom is 0.191 e. The summed E-state index contributed by atoms with van der Waals surface area (Å²) in [6.45, 7) is 5.51. The second-order valence-corrected chi connectivity index (χ2v) is 8.05. The molecule has 8 heteroatoms. The average Bonchev–Trinajstić information content (AvgIpc) is 3.08. The van der Waals surface area contributed by atoms with Gasteiger partial charge in [0, 0.05) is 29.6 Å². The van der Waals surface area contributed by atoms with Crippen molar-refractivity contribution in [2.75, 3.05) is 19.3 Å². The topological polar surface area (TPSA) is 66.4 Å². The van der Waals surface area contributed by atoms with Crippen LogP contribution in [0.5, 0.6) is 0 Å². The third-order valence-corrected chi connectivity index (χ3v) is 5.62. The van der Waals surface area contributed by atoms with Gasteiger partial charge in [0.15, 0.2) is 5.96 Å². The van der Waals surface area contributed by atoms with Crippen molar-refractivity contribution in [1.29, 1.82) is 0 Å². The van der Waals surface area contributed by atoms with E-state index < -0.39 is 10.8 Å². The van der Waals surface area contributed by atoms with Gasteiger partial charge in [-0.05, 0) is 18.1 Å². The van der Waals surface area contributed by atoms with Crippen LogP contribution in [0.4, 0.5) is 0 Å². The van der Waals surface area contributed by atoms with Crippen LogP contribution >= 0.6 is 35.3 Å². The Morgan fingerprint density at radius 1 is 1.28 bits per heavy atom. The first-order chi connectivity index (χ1) is 11.6. The molecular weight excluding hydrogens is 467 g/mol. The molecule has 0 aliphatic carbocycles. The molecule has 2 rings (SSSR count). The largest absolute Gasteiger partial charge is 0.355 e. The predicted molar refractivity (Wildman–Crippen MR) is 118 cm³/mol. The minimum absolute atomic E-state index is 0. The quantitative estimate of drug-likeness (QED) is 0.354. The normalized spacial score (nSPS) is 12.6. The third kappa shape index (κ3) is 7.41. The van der Waals surface area contributed by atoms with Crippen LogP contribution in [0.1, 0.15) is 30.5 Å². The van der Waals surface area contributed by atoms with Crippen molar-refractivity contribution in [3.63, 3.8) is 0 Å². The first kappa shape index (κ1) is 22.0. The molecule has 25 heavy (non-hydrogen) atoms. The highest BCUT2D eigenvalue weighted by Gasteiger charge is 2.07. The highest BCUT2D eigenvalue weighted by Crippen LogP contribution is 2.17. The van der Waals surface area contributed by atoms with Crippen LogP contribution in [0.15, 0.2) is 45.6 Å². The monoisotopic (exact) mass is 492 g/mol. The second kappa shape index (κ2) is 11.6. The molecule has 0 aliphatic heterocycles. The van der Waals surface area contributed by atoms with Crippen LogP contribution in [0, 0.1) is 0 Å². The lowest BCUT2D eigenvalue weighted by Crippen LogP contribution is -2.38. The number of nitrogens with one attached hydrogen (secondary N) is 2. The van der Waals surface area contributed by atoms with E-state index in [4.69, 9.17) is 0 Å². The summed E-state index contributed by atoms with van der Waals surface area (Å²) < 4.78 is 12.2. The van der Waals surface area contributed by atoms with Gasteiger partial charge in [-0.15, -0.1) is 35.3 Å². The maximum atomic E-state index is 12.2. The van der Waals surface area contributed by atoms with E-state index in [0.29, 0.717) is 30.7 Å². The Labute approximate surface area is 173 Å². The minimum atomic E-state index is -0.999. The number of aromatic nitrogens is 1. The van der Waals surface area contributed by atoms with Crippen LogP contribution in [0.2, 0.25) is 0 Å². The molecular formula is C17H25IN4OS2. The average molecular weight is 492 g/mol. The van der Waals surface area contributed by atoms with Gasteiger partial charge in [-0.25, -0.2) is 4.98 Å². The summed E-state index contributed by atoms with van der Waals surface area (Å²) in [5.74, 6) is 1.68. The number of hydrogen-bond donors (Lipinski definition) is 2. The van der Waals surface area contributed by atoms with Gasteiger partial charge in [0.1, 0.15) is 5.01 Å². The molecule has 0 saturated carbocycles. The fourth-order valence-corrected chi connectivity index (χ4v) is 3.88. The number of nitrogens with zero attached hydrogens (tertiary/aromatic N) is 2. The molecule has 0 aliphatic rings. The molecule has 0 saturated heterocycles. The lowest BCUT2D eigenvalue weighted by Gasteiger charge is -2.10. The van der Waals surface area contributed by atoms with Crippen LogP contribution in [-0.2, 0) is 17.3 Å². The molecule has 5 nitrogen and oxygen atoms in total. The lowest BCUT2D eigenvalue weighted by atomic mass is 10.2. The third-order valence-electron chi connectivity index (χ3n) is 3.38. The first-order valence-corrected chi connectivity index (χ1v) is 10.1. The van der Waals surface area contributed by atoms with Crippen LogP contribution in [-0.4, -0.2) is 34.5 Å². The van der Waals surface area contributed by atoms with Crippen molar-refractivity contribution in [2.45, 2.75) is 31.2 Å². The SMILES string of the molecule is CN=C(NCCS(=O)c1ccccc1)NCc1nc(C(C)C)cs1.I. The van der Waals surface area contributed by atoms with Crippen molar-refractivity contribution in [3.05, 3.63) is 46.4 Å². The summed E-state index contributed by atoms with van der Waals surface area (Å²) in [4.78, 5) is 9.63. The zero-order valence-electron chi connectivity index (χ0n) is 14.7. The molecule has 1 aromatic heterocycles. The Hall–Kier alpha value is -1.00. The number of halogens is 1. The van der Waals surface area contributed by atoms with E-state index >= 15 is 0 Å². The fraction of sp³-hybridized carbons (Fsp3) is 0.412. The Morgan fingerprint density at radius 3 is 2.60 bits per heavy atom. The number of guanidine groups is 1. The Balaban J connectivity index is 0.00000312. The molecule has 0 spiro atoms. The van der Waals surface area contributed by atoms with Gasteiger partial charge in [0.25, 0.3) is 0 Å². The van der Waals surface area contributed by atoms with Gasteiger partial charge in [0.2, 0.25) is 0 Å². The fourth-order valence-electron chi connectivity index (χ4n) is 2.00. The van der Waals surface area contributed by atoms with Crippen LogP contribution in [0.3, 0.4) is 0 Å². The number of benzene rings is 1. The number of aliphatic imine (C=N–C) groups is 1. The maximum absolute atomic E-state index is 12.2. The van der Waals surface area contributed by atoms with Gasteiger partial charge >= 0.3 is 0 Å². The highest BCUT2D eigenvalue weighted by atomic mass is 127. The zero-order chi connectivity index (χ0) is 17.4. The lowest BCUT2D eigenvalue weighted by molar-refractivity contribution is 0.681. The molecule has 0 amide bonds. The van der Waals surface area contributed by atoms with E-state index in [2.05, 4.69) is 39.8 Å². The van der Waals surface area contributed by atoms with Gasteiger partial charge in [0.05, 0.1) is 23.0 Å². The number of thiazole rings is 1. The van der Waals surface area contributed by atoms with E-state index in [9.17, 15) is 4.21 Å². The summed E-state index contributed by atoms with van der Waals surface area (Å²) in [6.07, 6.45) is 0. The summed E-state index contributed by atoms with van der Waals surface area (Å²) in [5, 5.41) is 9.57. The van der Waals surface area contributed by atoms with Crippen molar-refractivity contribution in [1.82, 2.24) is 15.6 Å². The molecule has 0 radical (unpaired) electrons.